The minimum Gasteiger partial charge on any atom is -0.492 e. The number of hydrogen-bond donors (Lipinski definition) is 2. The van der Waals surface area contributed by atoms with Crippen LogP contribution in [0.25, 0.3) is 0 Å². The molecule has 3 atom stereocenters. The molecule has 1 aromatic carbocycles. The summed E-state index contributed by atoms with van der Waals surface area (Å²) in [5.41, 5.74) is 1.48. The van der Waals surface area contributed by atoms with Crippen molar-refractivity contribution < 1.29 is 9.47 Å². The first-order chi connectivity index (χ1) is 12.0. The molecule has 1 aromatic rings. The molecule has 3 rings (SSSR count). The largest absolute Gasteiger partial charge is 0.492 e. The molecular weight excluding hydrogens is 314 g/mol. The van der Waals surface area contributed by atoms with Crippen molar-refractivity contribution in [2.75, 3.05) is 20.2 Å². The maximum atomic E-state index is 5.88. The fourth-order valence-corrected chi connectivity index (χ4v) is 3.55. The van der Waals surface area contributed by atoms with Crippen molar-refractivity contribution in [1.29, 1.82) is 0 Å². The first-order valence-corrected chi connectivity index (χ1v) is 9.31. The lowest BCUT2D eigenvalue weighted by Gasteiger charge is -2.22. The van der Waals surface area contributed by atoms with Gasteiger partial charge in [0.25, 0.3) is 0 Å². The molecule has 0 spiro atoms. The van der Waals surface area contributed by atoms with Crippen LogP contribution in [-0.4, -0.2) is 44.4 Å². The molecule has 2 aliphatic rings. The van der Waals surface area contributed by atoms with Gasteiger partial charge in [-0.25, -0.2) is 0 Å². The lowest BCUT2D eigenvalue weighted by atomic mass is 9.87. The van der Waals surface area contributed by atoms with Crippen molar-refractivity contribution in [3.8, 4) is 5.75 Å². The monoisotopic (exact) mass is 345 g/mol. The lowest BCUT2D eigenvalue weighted by molar-refractivity contribution is 0.0992. The predicted molar refractivity (Wildman–Crippen MR) is 101 cm³/mol. The third-order valence-electron chi connectivity index (χ3n) is 5.04. The van der Waals surface area contributed by atoms with E-state index < -0.39 is 0 Å². The zero-order valence-corrected chi connectivity index (χ0v) is 15.8. The second kappa shape index (κ2) is 7.65. The fraction of sp³-hybridized carbons (Fsp3) is 0.650. The smallest absolute Gasteiger partial charge is 0.191 e. The second-order valence-corrected chi connectivity index (χ2v) is 7.98. The van der Waals surface area contributed by atoms with Gasteiger partial charge in [0.05, 0.1) is 24.8 Å². The van der Waals surface area contributed by atoms with E-state index in [2.05, 4.69) is 48.5 Å². The number of hydrogen-bond acceptors (Lipinski definition) is 3. The van der Waals surface area contributed by atoms with Gasteiger partial charge in [0.1, 0.15) is 12.4 Å². The summed E-state index contributed by atoms with van der Waals surface area (Å²) in [6.45, 7) is 7.96. The topological polar surface area (TPSA) is 54.9 Å². The van der Waals surface area contributed by atoms with E-state index in [9.17, 15) is 0 Å². The summed E-state index contributed by atoms with van der Waals surface area (Å²) in [4.78, 5) is 4.30. The maximum Gasteiger partial charge on any atom is 0.191 e. The van der Waals surface area contributed by atoms with Crippen molar-refractivity contribution in [2.24, 2.45) is 4.99 Å². The summed E-state index contributed by atoms with van der Waals surface area (Å²) in [5, 5.41) is 6.80. The summed E-state index contributed by atoms with van der Waals surface area (Å²) in [6.07, 6.45) is 4.24. The number of guanidine groups is 1. The molecule has 2 N–H and O–H groups in total. The van der Waals surface area contributed by atoms with Gasteiger partial charge in [0.2, 0.25) is 0 Å². The molecule has 5 nitrogen and oxygen atoms in total. The third kappa shape index (κ3) is 4.66. The first kappa shape index (κ1) is 18.1. The molecule has 0 saturated carbocycles. The summed E-state index contributed by atoms with van der Waals surface area (Å²) in [7, 11) is 1.80. The molecule has 138 valence electrons. The number of nitrogens with zero attached hydrogens (tertiary/aromatic N) is 1. The molecule has 0 aliphatic carbocycles. The Morgan fingerprint density at radius 3 is 2.56 bits per heavy atom. The number of fused-ring (bicyclic) bond motifs is 2. The van der Waals surface area contributed by atoms with Crippen LogP contribution in [0.4, 0.5) is 0 Å². The van der Waals surface area contributed by atoms with Crippen molar-refractivity contribution in [2.45, 2.75) is 63.7 Å². The molecule has 5 heteroatoms. The molecule has 2 aliphatic heterocycles. The standard InChI is InChI=1S/C20H31N3O2/c1-20(2,3)14-5-7-15(8-6-14)24-12-11-22-19(21-4)23-17-13-16-9-10-18(17)25-16/h5-8,16-18H,9-13H2,1-4H3,(H2,21,22,23). The summed E-state index contributed by atoms with van der Waals surface area (Å²) in [6, 6.07) is 8.74. The Morgan fingerprint density at radius 1 is 1.24 bits per heavy atom. The molecule has 3 unspecified atom stereocenters. The Labute approximate surface area is 151 Å². The summed E-state index contributed by atoms with van der Waals surface area (Å²) in [5.74, 6) is 1.73. The van der Waals surface area contributed by atoms with Gasteiger partial charge in [0.15, 0.2) is 5.96 Å². The molecule has 2 saturated heterocycles. The number of nitrogens with one attached hydrogen (secondary N) is 2. The van der Waals surface area contributed by atoms with E-state index in [1.807, 2.05) is 12.1 Å². The van der Waals surface area contributed by atoms with Crippen LogP contribution in [0.2, 0.25) is 0 Å². The van der Waals surface area contributed by atoms with E-state index in [0.717, 1.165) is 24.6 Å². The van der Waals surface area contributed by atoms with E-state index in [4.69, 9.17) is 9.47 Å². The Kier molecular flexibility index (Phi) is 5.52. The highest BCUT2D eigenvalue weighted by Crippen LogP contribution is 2.34. The van der Waals surface area contributed by atoms with E-state index in [0.29, 0.717) is 31.4 Å². The van der Waals surface area contributed by atoms with Gasteiger partial charge in [0, 0.05) is 7.05 Å². The zero-order valence-electron chi connectivity index (χ0n) is 15.8. The molecule has 0 aromatic heterocycles. The molecular formula is C20H31N3O2. The van der Waals surface area contributed by atoms with Crippen LogP contribution in [0.5, 0.6) is 5.75 Å². The van der Waals surface area contributed by atoms with E-state index in [1.165, 1.54) is 12.0 Å². The van der Waals surface area contributed by atoms with Crippen molar-refractivity contribution in [3.05, 3.63) is 29.8 Å². The van der Waals surface area contributed by atoms with Crippen molar-refractivity contribution in [3.63, 3.8) is 0 Å². The Hall–Kier alpha value is -1.75. The minimum absolute atomic E-state index is 0.168. The number of ether oxygens (including phenoxy) is 2. The number of rotatable bonds is 5. The van der Waals surface area contributed by atoms with Crippen molar-refractivity contribution in [1.82, 2.24) is 10.6 Å². The molecule has 0 radical (unpaired) electrons. The Morgan fingerprint density at radius 2 is 2.00 bits per heavy atom. The van der Waals surface area contributed by atoms with Crippen LogP contribution < -0.4 is 15.4 Å². The van der Waals surface area contributed by atoms with E-state index in [-0.39, 0.29) is 5.41 Å². The number of aliphatic imine (C=N–C) groups is 1. The van der Waals surface area contributed by atoms with Crippen LogP contribution in [0, 0.1) is 0 Å². The first-order valence-electron chi connectivity index (χ1n) is 9.31. The number of benzene rings is 1. The minimum atomic E-state index is 0.168. The third-order valence-corrected chi connectivity index (χ3v) is 5.04. The second-order valence-electron chi connectivity index (χ2n) is 7.98. The molecule has 2 bridgehead atoms. The lowest BCUT2D eigenvalue weighted by Crippen LogP contribution is -2.48. The molecule has 2 fully saturated rings. The van der Waals surface area contributed by atoms with Crippen LogP contribution in [0.3, 0.4) is 0 Å². The normalized spacial score (nSPS) is 25.9. The Balaban J connectivity index is 1.38. The molecule has 25 heavy (non-hydrogen) atoms. The van der Waals surface area contributed by atoms with Crippen molar-refractivity contribution >= 4 is 5.96 Å². The van der Waals surface area contributed by atoms with Crippen LogP contribution >= 0.6 is 0 Å². The maximum absolute atomic E-state index is 5.88. The van der Waals surface area contributed by atoms with E-state index in [1.54, 1.807) is 7.05 Å². The SMILES string of the molecule is CN=C(NCCOc1ccc(C(C)(C)C)cc1)NC1CC2CCC1O2. The summed E-state index contributed by atoms with van der Waals surface area (Å²) < 4.78 is 11.7. The van der Waals surface area contributed by atoms with Crippen LogP contribution in [0.1, 0.15) is 45.6 Å². The Bertz CT molecular complexity index is 592. The van der Waals surface area contributed by atoms with Gasteiger partial charge >= 0.3 is 0 Å². The average molecular weight is 345 g/mol. The quantitative estimate of drug-likeness (QED) is 0.489. The van der Waals surface area contributed by atoms with Crippen LogP contribution in [-0.2, 0) is 10.2 Å². The van der Waals surface area contributed by atoms with Gasteiger partial charge in [-0.15, -0.1) is 0 Å². The predicted octanol–water partition coefficient (Wildman–Crippen LogP) is 2.85. The zero-order chi connectivity index (χ0) is 17.9. The molecule has 0 amide bonds. The average Bonchev–Trinajstić information content (AvgIpc) is 3.20. The fourth-order valence-electron chi connectivity index (χ4n) is 3.55. The highest BCUT2D eigenvalue weighted by atomic mass is 16.5. The van der Waals surface area contributed by atoms with Gasteiger partial charge < -0.3 is 20.1 Å². The van der Waals surface area contributed by atoms with Gasteiger partial charge in [-0.2, -0.15) is 0 Å². The molecule has 2 heterocycles. The summed E-state index contributed by atoms with van der Waals surface area (Å²) >= 11 is 0. The van der Waals surface area contributed by atoms with E-state index >= 15 is 0 Å². The van der Waals surface area contributed by atoms with Gasteiger partial charge in [-0.3, -0.25) is 4.99 Å². The van der Waals surface area contributed by atoms with Gasteiger partial charge in [-0.1, -0.05) is 32.9 Å². The van der Waals surface area contributed by atoms with Crippen LogP contribution in [0.15, 0.2) is 29.3 Å². The highest BCUT2D eigenvalue weighted by Gasteiger charge is 2.41. The highest BCUT2D eigenvalue weighted by molar-refractivity contribution is 5.80. The van der Waals surface area contributed by atoms with Gasteiger partial charge in [-0.05, 0) is 42.4 Å².